The van der Waals surface area contributed by atoms with Crippen LogP contribution in [0.1, 0.15) is 21.7 Å². The number of carbonyl (C=O) groups is 1. The first kappa shape index (κ1) is 19.2. The van der Waals surface area contributed by atoms with E-state index in [0.717, 1.165) is 5.56 Å². The molecular weight excluding hydrogens is 359 g/mol. The molecule has 1 aromatic carbocycles. The summed E-state index contributed by atoms with van der Waals surface area (Å²) in [5.41, 5.74) is 1.38. The lowest BCUT2D eigenvalue weighted by molar-refractivity contribution is 0.0954. The second-order valence-corrected chi connectivity index (χ2v) is 6.22. The summed E-state index contributed by atoms with van der Waals surface area (Å²) in [7, 11) is 0. The lowest BCUT2D eigenvalue weighted by Crippen LogP contribution is -2.29. The Morgan fingerprint density at radius 1 is 1.00 bits per heavy atom. The molecule has 0 spiro atoms. The van der Waals surface area contributed by atoms with E-state index in [1.165, 1.54) is 18.2 Å². The van der Waals surface area contributed by atoms with E-state index in [1.54, 1.807) is 25.3 Å². The van der Waals surface area contributed by atoms with Crippen LogP contribution in [0, 0.1) is 19.7 Å². The summed E-state index contributed by atoms with van der Waals surface area (Å²) in [6.07, 6.45) is 1.73. The quantitative estimate of drug-likeness (QED) is 0.545. The number of aromatic nitrogens is 3. The van der Waals surface area contributed by atoms with E-state index < -0.39 is 5.82 Å². The molecule has 3 aromatic rings. The second kappa shape index (κ2) is 8.90. The van der Waals surface area contributed by atoms with Gasteiger partial charge in [-0.25, -0.2) is 19.3 Å². The highest BCUT2D eigenvalue weighted by Crippen LogP contribution is 2.16. The number of nitrogens with zero attached hydrogens (tertiary/aromatic N) is 3. The number of carbonyl (C=O) groups excluding carboxylic acids is 1. The van der Waals surface area contributed by atoms with Gasteiger partial charge in [-0.1, -0.05) is 6.07 Å². The van der Waals surface area contributed by atoms with Gasteiger partial charge in [-0.15, -0.1) is 0 Å². The van der Waals surface area contributed by atoms with Gasteiger partial charge in [-0.05, 0) is 49.7 Å². The molecule has 7 nitrogen and oxygen atoms in total. The number of pyridine rings is 1. The van der Waals surface area contributed by atoms with E-state index in [-0.39, 0.29) is 11.5 Å². The summed E-state index contributed by atoms with van der Waals surface area (Å²) >= 11 is 0. The van der Waals surface area contributed by atoms with E-state index in [0.29, 0.717) is 36.4 Å². The van der Waals surface area contributed by atoms with Gasteiger partial charge in [-0.2, -0.15) is 0 Å². The van der Waals surface area contributed by atoms with Gasteiger partial charge in [0, 0.05) is 30.9 Å². The Hall–Kier alpha value is -3.55. The number of halogens is 1. The lowest BCUT2D eigenvalue weighted by atomic mass is 10.2. The standard InChI is InChI=1S/C20H21FN6O/c1-13-6-7-22-17(10-13)27-19-12-18(25-14(2)26-19)23-8-9-24-20(28)15-4-3-5-16(21)11-15/h3-7,10-12H,8-9H2,1-2H3,(H,24,28)(H2,22,23,25,26,27). The molecule has 0 aliphatic carbocycles. The number of aryl methyl sites for hydroxylation is 2. The van der Waals surface area contributed by atoms with E-state index in [4.69, 9.17) is 0 Å². The molecule has 0 atom stereocenters. The van der Waals surface area contributed by atoms with Crippen molar-refractivity contribution in [1.29, 1.82) is 0 Å². The molecule has 0 saturated heterocycles. The highest BCUT2D eigenvalue weighted by Gasteiger charge is 2.06. The minimum Gasteiger partial charge on any atom is -0.368 e. The van der Waals surface area contributed by atoms with Gasteiger partial charge in [-0.3, -0.25) is 4.79 Å². The van der Waals surface area contributed by atoms with Crippen molar-refractivity contribution >= 4 is 23.4 Å². The highest BCUT2D eigenvalue weighted by atomic mass is 19.1. The van der Waals surface area contributed by atoms with Crippen LogP contribution in [0.5, 0.6) is 0 Å². The summed E-state index contributed by atoms with van der Waals surface area (Å²) in [6.45, 7) is 4.61. The number of amides is 1. The topological polar surface area (TPSA) is 91.8 Å². The van der Waals surface area contributed by atoms with Crippen molar-refractivity contribution < 1.29 is 9.18 Å². The van der Waals surface area contributed by atoms with E-state index in [9.17, 15) is 9.18 Å². The van der Waals surface area contributed by atoms with Crippen LogP contribution in [0.2, 0.25) is 0 Å². The summed E-state index contributed by atoms with van der Waals surface area (Å²) in [5.74, 6) is 1.79. The van der Waals surface area contributed by atoms with Crippen LogP contribution in [-0.2, 0) is 0 Å². The van der Waals surface area contributed by atoms with Gasteiger partial charge in [0.1, 0.15) is 29.1 Å². The first-order valence-electron chi connectivity index (χ1n) is 8.82. The zero-order valence-corrected chi connectivity index (χ0v) is 15.7. The van der Waals surface area contributed by atoms with E-state index in [2.05, 4.69) is 30.9 Å². The largest absolute Gasteiger partial charge is 0.368 e. The first-order chi connectivity index (χ1) is 13.5. The Bertz CT molecular complexity index is 978. The maximum atomic E-state index is 13.2. The normalized spacial score (nSPS) is 10.4. The van der Waals surface area contributed by atoms with Crippen LogP contribution >= 0.6 is 0 Å². The van der Waals surface area contributed by atoms with Crippen molar-refractivity contribution in [2.45, 2.75) is 13.8 Å². The van der Waals surface area contributed by atoms with Crippen molar-refractivity contribution in [3.05, 3.63) is 71.4 Å². The molecule has 1 amide bonds. The van der Waals surface area contributed by atoms with Gasteiger partial charge in [0.2, 0.25) is 0 Å². The monoisotopic (exact) mass is 380 g/mol. The molecule has 2 aromatic heterocycles. The van der Waals surface area contributed by atoms with E-state index >= 15 is 0 Å². The number of hydrogen-bond donors (Lipinski definition) is 3. The van der Waals surface area contributed by atoms with Crippen LogP contribution in [0.25, 0.3) is 0 Å². The molecule has 144 valence electrons. The van der Waals surface area contributed by atoms with Crippen molar-refractivity contribution in [2.75, 3.05) is 23.7 Å². The van der Waals surface area contributed by atoms with Gasteiger partial charge < -0.3 is 16.0 Å². The van der Waals surface area contributed by atoms with Crippen molar-refractivity contribution in [1.82, 2.24) is 20.3 Å². The fourth-order valence-electron chi connectivity index (χ4n) is 2.56. The smallest absolute Gasteiger partial charge is 0.251 e. The van der Waals surface area contributed by atoms with Gasteiger partial charge >= 0.3 is 0 Å². The number of rotatable bonds is 7. The van der Waals surface area contributed by atoms with Crippen LogP contribution in [0.3, 0.4) is 0 Å². The molecule has 2 heterocycles. The zero-order valence-electron chi connectivity index (χ0n) is 15.7. The van der Waals surface area contributed by atoms with Gasteiger partial charge in [0.05, 0.1) is 0 Å². The summed E-state index contributed by atoms with van der Waals surface area (Å²) < 4.78 is 13.2. The number of nitrogens with one attached hydrogen (secondary N) is 3. The van der Waals surface area contributed by atoms with Crippen LogP contribution < -0.4 is 16.0 Å². The SMILES string of the molecule is Cc1ccnc(Nc2cc(NCCNC(=O)c3cccc(F)c3)nc(C)n2)c1. The molecule has 0 aliphatic heterocycles. The average Bonchev–Trinajstić information content (AvgIpc) is 2.64. The molecule has 3 rings (SSSR count). The fourth-order valence-corrected chi connectivity index (χ4v) is 2.56. The molecule has 0 bridgehead atoms. The first-order valence-corrected chi connectivity index (χ1v) is 8.82. The minimum absolute atomic E-state index is 0.287. The zero-order chi connectivity index (χ0) is 19.9. The molecule has 0 radical (unpaired) electrons. The Labute approximate surface area is 162 Å². The molecule has 0 unspecified atom stereocenters. The Balaban J connectivity index is 1.54. The predicted molar refractivity (Wildman–Crippen MR) is 106 cm³/mol. The molecule has 0 fully saturated rings. The maximum Gasteiger partial charge on any atom is 0.251 e. The predicted octanol–water partition coefficient (Wildman–Crippen LogP) is 3.21. The van der Waals surface area contributed by atoms with Crippen LogP contribution in [0.4, 0.5) is 21.8 Å². The summed E-state index contributed by atoms with van der Waals surface area (Å²) in [5, 5.41) is 9.03. The third kappa shape index (κ3) is 5.47. The second-order valence-electron chi connectivity index (χ2n) is 6.22. The Morgan fingerprint density at radius 2 is 1.82 bits per heavy atom. The molecular formula is C20H21FN6O. The number of benzene rings is 1. The molecule has 8 heteroatoms. The Morgan fingerprint density at radius 3 is 2.61 bits per heavy atom. The van der Waals surface area contributed by atoms with Gasteiger partial charge in [0.15, 0.2) is 0 Å². The van der Waals surface area contributed by atoms with E-state index in [1.807, 2.05) is 19.1 Å². The number of hydrogen-bond acceptors (Lipinski definition) is 6. The lowest BCUT2D eigenvalue weighted by Gasteiger charge is -2.11. The maximum absolute atomic E-state index is 13.2. The van der Waals surface area contributed by atoms with Crippen LogP contribution in [-0.4, -0.2) is 33.9 Å². The Kier molecular flexibility index (Phi) is 6.11. The third-order valence-electron chi connectivity index (χ3n) is 3.81. The molecule has 28 heavy (non-hydrogen) atoms. The minimum atomic E-state index is -0.439. The van der Waals surface area contributed by atoms with Crippen molar-refractivity contribution in [3.8, 4) is 0 Å². The van der Waals surface area contributed by atoms with Crippen molar-refractivity contribution in [3.63, 3.8) is 0 Å². The summed E-state index contributed by atoms with van der Waals surface area (Å²) in [6, 6.07) is 11.2. The molecule has 0 saturated carbocycles. The van der Waals surface area contributed by atoms with Gasteiger partial charge in [0.25, 0.3) is 5.91 Å². The van der Waals surface area contributed by atoms with Crippen LogP contribution in [0.15, 0.2) is 48.7 Å². The number of anilines is 3. The highest BCUT2D eigenvalue weighted by molar-refractivity contribution is 5.94. The molecule has 0 aliphatic rings. The fraction of sp³-hybridized carbons (Fsp3) is 0.200. The third-order valence-corrected chi connectivity index (χ3v) is 3.81. The molecule has 3 N–H and O–H groups in total. The summed E-state index contributed by atoms with van der Waals surface area (Å²) in [4.78, 5) is 24.9. The average molecular weight is 380 g/mol. The van der Waals surface area contributed by atoms with Crippen molar-refractivity contribution in [2.24, 2.45) is 0 Å².